The average molecular weight is 303 g/mol. The maximum atomic E-state index is 10.7. The van der Waals surface area contributed by atoms with E-state index in [4.69, 9.17) is 5.11 Å². The van der Waals surface area contributed by atoms with Crippen molar-refractivity contribution in [3.63, 3.8) is 0 Å². The van der Waals surface area contributed by atoms with Crippen molar-refractivity contribution in [2.45, 2.75) is 25.9 Å². The molecule has 94 valence electrons. The van der Waals surface area contributed by atoms with Gasteiger partial charge in [0.25, 0.3) is 5.69 Å². The molecular formula is C11H15BrN2O3. The zero-order valence-corrected chi connectivity index (χ0v) is 11.1. The van der Waals surface area contributed by atoms with E-state index in [-0.39, 0.29) is 18.3 Å². The number of halogens is 1. The highest BCUT2D eigenvalue weighted by Gasteiger charge is 2.10. The van der Waals surface area contributed by atoms with Gasteiger partial charge in [0.2, 0.25) is 0 Å². The fraction of sp³-hybridized carbons (Fsp3) is 0.455. The van der Waals surface area contributed by atoms with Gasteiger partial charge in [-0.15, -0.1) is 0 Å². The summed E-state index contributed by atoms with van der Waals surface area (Å²) in [5.41, 5.74) is 0.881. The molecule has 0 bridgehead atoms. The van der Waals surface area contributed by atoms with E-state index in [2.05, 4.69) is 21.2 Å². The van der Waals surface area contributed by atoms with Gasteiger partial charge in [-0.1, -0.05) is 22.9 Å². The zero-order valence-electron chi connectivity index (χ0n) is 9.52. The van der Waals surface area contributed by atoms with Crippen molar-refractivity contribution in [2.75, 3.05) is 6.61 Å². The number of hydrogen-bond donors (Lipinski definition) is 2. The van der Waals surface area contributed by atoms with Crippen LogP contribution in [0.15, 0.2) is 22.7 Å². The maximum absolute atomic E-state index is 10.7. The molecule has 0 aromatic heterocycles. The first-order chi connectivity index (χ1) is 8.06. The molecular weight excluding hydrogens is 288 g/mol. The minimum absolute atomic E-state index is 0.0213. The molecule has 1 rings (SSSR count). The summed E-state index contributed by atoms with van der Waals surface area (Å²) in [6.45, 7) is 2.53. The molecule has 0 aliphatic rings. The van der Waals surface area contributed by atoms with Crippen LogP contribution in [0.4, 0.5) is 5.69 Å². The number of rotatable bonds is 6. The first-order valence-electron chi connectivity index (χ1n) is 5.35. The first-order valence-corrected chi connectivity index (χ1v) is 6.14. The molecule has 5 nitrogen and oxygen atoms in total. The highest BCUT2D eigenvalue weighted by molar-refractivity contribution is 9.10. The molecule has 1 aromatic rings. The van der Waals surface area contributed by atoms with Gasteiger partial charge in [-0.05, 0) is 18.1 Å². The Morgan fingerprint density at radius 3 is 2.76 bits per heavy atom. The number of nitrogens with one attached hydrogen (secondary N) is 1. The van der Waals surface area contributed by atoms with Crippen LogP contribution in [0.25, 0.3) is 0 Å². The summed E-state index contributed by atoms with van der Waals surface area (Å²) >= 11 is 3.24. The summed E-state index contributed by atoms with van der Waals surface area (Å²) in [6, 6.07) is 4.84. The van der Waals surface area contributed by atoms with E-state index in [9.17, 15) is 10.1 Å². The van der Waals surface area contributed by atoms with Gasteiger partial charge < -0.3 is 10.4 Å². The highest BCUT2D eigenvalue weighted by Crippen LogP contribution is 2.21. The Morgan fingerprint density at radius 2 is 2.24 bits per heavy atom. The minimum atomic E-state index is -0.419. The van der Waals surface area contributed by atoms with Crippen LogP contribution in [-0.2, 0) is 6.54 Å². The average Bonchev–Trinajstić information content (AvgIpc) is 2.29. The lowest BCUT2D eigenvalue weighted by molar-refractivity contribution is -0.385. The molecule has 0 saturated carbocycles. The monoisotopic (exact) mass is 302 g/mol. The number of aliphatic hydroxyl groups excluding tert-OH is 1. The molecule has 0 aliphatic heterocycles. The Hall–Kier alpha value is -0.980. The third-order valence-corrected chi connectivity index (χ3v) is 2.92. The number of hydrogen-bond acceptors (Lipinski definition) is 4. The van der Waals surface area contributed by atoms with Crippen molar-refractivity contribution in [3.05, 3.63) is 38.3 Å². The normalized spacial score (nSPS) is 12.4. The topological polar surface area (TPSA) is 75.4 Å². The fourth-order valence-corrected chi connectivity index (χ4v) is 1.97. The van der Waals surface area contributed by atoms with Gasteiger partial charge in [-0.25, -0.2) is 0 Å². The van der Waals surface area contributed by atoms with Gasteiger partial charge >= 0.3 is 0 Å². The lowest BCUT2D eigenvalue weighted by atomic mass is 10.1. The maximum Gasteiger partial charge on any atom is 0.270 e. The van der Waals surface area contributed by atoms with Crippen molar-refractivity contribution in [3.8, 4) is 0 Å². The second kappa shape index (κ2) is 6.68. The van der Waals surface area contributed by atoms with Gasteiger partial charge in [0, 0.05) is 29.2 Å². The molecule has 1 unspecified atom stereocenters. The zero-order chi connectivity index (χ0) is 12.8. The Kier molecular flexibility index (Phi) is 5.54. The van der Waals surface area contributed by atoms with Crippen LogP contribution in [0.2, 0.25) is 0 Å². The van der Waals surface area contributed by atoms with Crippen LogP contribution in [0.3, 0.4) is 0 Å². The van der Waals surface area contributed by atoms with E-state index in [0.717, 1.165) is 12.0 Å². The first kappa shape index (κ1) is 14.1. The molecule has 6 heteroatoms. The largest absolute Gasteiger partial charge is 0.395 e. The molecule has 0 amide bonds. The van der Waals surface area contributed by atoms with Gasteiger partial charge in [0.05, 0.1) is 11.5 Å². The molecule has 0 radical (unpaired) electrons. The smallest absolute Gasteiger partial charge is 0.270 e. The Morgan fingerprint density at radius 1 is 1.53 bits per heavy atom. The number of non-ortho nitro benzene ring substituents is 1. The summed E-state index contributed by atoms with van der Waals surface area (Å²) in [7, 11) is 0. The summed E-state index contributed by atoms with van der Waals surface area (Å²) in [5.74, 6) is 0. The number of nitro benzene ring substituents is 1. The number of aliphatic hydroxyl groups is 1. The molecule has 0 fully saturated rings. The van der Waals surface area contributed by atoms with E-state index >= 15 is 0 Å². The van der Waals surface area contributed by atoms with Crippen LogP contribution < -0.4 is 5.32 Å². The third kappa shape index (κ3) is 4.41. The quantitative estimate of drug-likeness (QED) is 0.624. The Labute approximate surface area is 108 Å². The SMILES string of the molecule is CCC(CO)NCc1cc(Br)cc([N+](=O)[O-])c1. The molecule has 0 aliphatic carbocycles. The second-order valence-corrected chi connectivity index (χ2v) is 4.66. The molecule has 1 aromatic carbocycles. The van der Waals surface area contributed by atoms with E-state index in [0.29, 0.717) is 11.0 Å². The van der Waals surface area contributed by atoms with E-state index in [1.165, 1.54) is 12.1 Å². The van der Waals surface area contributed by atoms with E-state index in [1.54, 1.807) is 0 Å². The standard InChI is InChI=1S/C11H15BrN2O3/c1-2-10(7-15)13-6-8-3-9(12)5-11(4-8)14(16)17/h3-5,10,13,15H,2,6-7H2,1H3. The van der Waals surface area contributed by atoms with E-state index in [1.807, 2.05) is 13.0 Å². The van der Waals surface area contributed by atoms with Crippen LogP contribution in [-0.4, -0.2) is 22.7 Å². The highest BCUT2D eigenvalue weighted by atomic mass is 79.9. The minimum Gasteiger partial charge on any atom is -0.395 e. The van der Waals surface area contributed by atoms with Crippen molar-refractivity contribution in [1.29, 1.82) is 0 Å². The molecule has 17 heavy (non-hydrogen) atoms. The van der Waals surface area contributed by atoms with Crippen molar-refractivity contribution < 1.29 is 10.0 Å². The van der Waals surface area contributed by atoms with Crippen molar-refractivity contribution in [2.24, 2.45) is 0 Å². The van der Waals surface area contributed by atoms with Crippen LogP contribution in [0.5, 0.6) is 0 Å². The second-order valence-electron chi connectivity index (χ2n) is 3.74. The predicted molar refractivity (Wildman–Crippen MR) is 68.8 cm³/mol. The van der Waals surface area contributed by atoms with E-state index < -0.39 is 4.92 Å². The third-order valence-electron chi connectivity index (χ3n) is 2.46. The summed E-state index contributed by atoms with van der Waals surface area (Å²) in [4.78, 5) is 10.3. The van der Waals surface area contributed by atoms with Gasteiger partial charge in [0.1, 0.15) is 0 Å². The van der Waals surface area contributed by atoms with Crippen molar-refractivity contribution in [1.82, 2.24) is 5.32 Å². The molecule has 2 N–H and O–H groups in total. The summed E-state index contributed by atoms with van der Waals surface area (Å²) in [5, 5.41) is 22.8. The van der Waals surface area contributed by atoms with Crippen LogP contribution in [0, 0.1) is 10.1 Å². The van der Waals surface area contributed by atoms with Gasteiger partial charge in [0.15, 0.2) is 0 Å². The van der Waals surface area contributed by atoms with Crippen molar-refractivity contribution >= 4 is 21.6 Å². The number of benzene rings is 1. The number of nitro groups is 1. The predicted octanol–water partition coefficient (Wildman–Crippen LogP) is 2.22. The number of nitrogens with zero attached hydrogens (tertiary/aromatic N) is 1. The van der Waals surface area contributed by atoms with Gasteiger partial charge in [-0.3, -0.25) is 10.1 Å². The lowest BCUT2D eigenvalue weighted by Gasteiger charge is -2.13. The molecule has 0 spiro atoms. The molecule has 1 atom stereocenters. The Balaban J connectivity index is 2.74. The van der Waals surface area contributed by atoms with Gasteiger partial charge in [-0.2, -0.15) is 0 Å². The van der Waals surface area contributed by atoms with Crippen LogP contribution in [0.1, 0.15) is 18.9 Å². The summed E-state index contributed by atoms with van der Waals surface area (Å²) in [6.07, 6.45) is 0.812. The lowest BCUT2D eigenvalue weighted by Crippen LogP contribution is -2.31. The Bertz CT molecular complexity index is 394. The fourth-order valence-electron chi connectivity index (χ4n) is 1.44. The van der Waals surface area contributed by atoms with Crippen LogP contribution >= 0.6 is 15.9 Å². The summed E-state index contributed by atoms with van der Waals surface area (Å²) < 4.78 is 0.681. The molecule has 0 heterocycles. The molecule has 0 saturated heterocycles.